The van der Waals surface area contributed by atoms with Crippen molar-refractivity contribution in [2.24, 2.45) is 5.10 Å². The van der Waals surface area contributed by atoms with Crippen LogP contribution < -0.4 is 20.2 Å². The Kier molecular flexibility index (Phi) is 7.37. The smallest absolute Gasteiger partial charge is 0.379 e. The second-order valence-corrected chi connectivity index (χ2v) is 6.44. The highest BCUT2D eigenvalue weighted by Crippen LogP contribution is 2.16. The summed E-state index contributed by atoms with van der Waals surface area (Å²) < 4.78 is 15.5. The van der Waals surface area contributed by atoms with E-state index in [4.69, 9.17) is 13.9 Å². The van der Waals surface area contributed by atoms with E-state index in [9.17, 15) is 14.4 Å². The molecule has 1 aromatic heterocycles. The predicted octanol–water partition coefficient (Wildman–Crippen LogP) is 3.38. The average molecular weight is 435 g/mol. The SMILES string of the molecule is CCOc1ccc(NC(=O)C(=O)NN=C(C)c2ccc(OC(=O)c3ccco3)cc2)cc1. The minimum atomic E-state index is -0.915. The highest BCUT2D eigenvalue weighted by atomic mass is 16.5. The van der Waals surface area contributed by atoms with Crippen LogP contribution in [0.5, 0.6) is 11.5 Å². The molecule has 0 saturated heterocycles. The lowest BCUT2D eigenvalue weighted by atomic mass is 10.1. The number of furan rings is 1. The van der Waals surface area contributed by atoms with Gasteiger partial charge in [-0.05, 0) is 80.1 Å². The molecule has 2 amide bonds. The number of anilines is 1. The van der Waals surface area contributed by atoms with Crippen LogP contribution in [0.2, 0.25) is 0 Å². The summed E-state index contributed by atoms with van der Waals surface area (Å²) in [5, 5.41) is 6.42. The Morgan fingerprint density at radius 2 is 1.62 bits per heavy atom. The Bertz CT molecular complexity index is 1100. The number of nitrogens with one attached hydrogen (secondary N) is 2. The molecular formula is C23H21N3O6. The molecule has 0 unspecified atom stereocenters. The van der Waals surface area contributed by atoms with Gasteiger partial charge in [0.1, 0.15) is 11.5 Å². The number of ether oxygens (including phenoxy) is 2. The van der Waals surface area contributed by atoms with Gasteiger partial charge < -0.3 is 19.2 Å². The number of hydrazone groups is 1. The highest BCUT2D eigenvalue weighted by molar-refractivity contribution is 6.39. The predicted molar refractivity (Wildman–Crippen MR) is 117 cm³/mol. The van der Waals surface area contributed by atoms with Gasteiger partial charge in [0, 0.05) is 5.69 Å². The number of amides is 2. The lowest BCUT2D eigenvalue weighted by Crippen LogP contribution is -2.32. The lowest BCUT2D eigenvalue weighted by molar-refractivity contribution is -0.136. The number of carbonyl (C=O) groups is 3. The van der Waals surface area contributed by atoms with Crippen molar-refractivity contribution < 1.29 is 28.3 Å². The summed E-state index contributed by atoms with van der Waals surface area (Å²) in [4.78, 5) is 35.9. The van der Waals surface area contributed by atoms with Crippen molar-refractivity contribution in [1.29, 1.82) is 0 Å². The third-order valence-electron chi connectivity index (χ3n) is 4.16. The lowest BCUT2D eigenvalue weighted by Gasteiger charge is -2.07. The van der Waals surface area contributed by atoms with Crippen LogP contribution in [0.3, 0.4) is 0 Å². The second kappa shape index (κ2) is 10.6. The fraction of sp³-hybridized carbons (Fsp3) is 0.130. The van der Waals surface area contributed by atoms with E-state index in [1.807, 2.05) is 6.92 Å². The molecule has 0 radical (unpaired) electrons. The monoisotopic (exact) mass is 435 g/mol. The topological polar surface area (TPSA) is 119 Å². The van der Waals surface area contributed by atoms with Gasteiger partial charge in [-0.2, -0.15) is 5.10 Å². The Morgan fingerprint density at radius 1 is 0.938 bits per heavy atom. The van der Waals surface area contributed by atoms with E-state index in [2.05, 4.69) is 15.8 Å². The summed E-state index contributed by atoms with van der Waals surface area (Å²) in [5.74, 6) is -1.30. The molecule has 0 aliphatic rings. The molecule has 164 valence electrons. The van der Waals surface area contributed by atoms with Crippen LogP contribution in [0, 0.1) is 0 Å². The zero-order valence-corrected chi connectivity index (χ0v) is 17.5. The maximum absolute atomic E-state index is 12.0. The third kappa shape index (κ3) is 6.05. The molecule has 0 aliphatic heterocycles. The number of esters is 1. The summed E-state index contributed by atoms with van der Waals surface area (Å²) in [6.07, 6.45) is 1.38. The summed E-state index contributed by atoms with van der Waals surface area (Å²) in [6.45, 7) is 4.06. The van der Waals surface area contributed by atoms with Gasteiger partial charge in [-0.1, -0.05) is 0 Å². The molecule has 3 aromatic rings. The minimum absolute atomic E-state index is 0.0954. The van der Waals surface area contributed by atoms with Gasteiger partial charge in [-0.25, -0.2) is 10.2 Å². The summed E-state index contributed by atoms with van der Waals surface area (Å²) >= 11 is 0. The van der Waals surface area contributed by atoms with E-state index in [0.29, 0.717) is 35.1 Å². The van der Waals surface area contributed by atoms with E-state index < -0.39 is 17.8 Å². The number of hydrogen-bond donors (Lipinski definition) is 2. The van der Waals surface area contributed by atoms with E-state index in [0.717, 1.165) is 0 Å². The van der Waals surface area contributed by atoms with Crippen molar-refractivity contribution in [3.05, 3.63) is 78.3 Å². The molecule has 0 bridgehead atoms. The van der Waals surface area contributed by atoms with Gasteiger partial charge in [0.15, 0.2) is 0 Å². The standard InChI is InChI=1S/C23H21N3O6/c1-3-30-18-12-8-17(9-13-18)24-21(27)22(28)26-25-15(2)16-6-10-19(11-7-16)32-23(29)20-5-4-14-31-20/h4-14H,3H2,1-2H3,(H,24,27)(H,26,28). The second-order valence-electron chi connectivity index (χ2n) is 6.44. The Hall–Kier alpha value is -4.40. The van der Waals surface area contributed by atoms with Crippen molar-refractivity contribution in [3.8, 4) is 11.5 Å². The van der Waals surface area contributed by atoms with Crippen molar-refractivity contribution in [1.82, 2.24) is 5.43 Å². The number of rotatable bonds is 7. The van der Waals surface area contributed by atoms with Crippen LogP contribution in [-0.2, 0) is 9.59 Å². The van der Waals surface area contributed by atoms with Gasteiger partial charge in [0.05, 0.1) is 18.6 Å². The first-order valence-corrected chi connectivity index (χ1v) is 9.71. The first kappa shape index (κ1) is 22.3. The van der Waals surface area contributed by atoms with Crippen LogP contribution in [0.1, 0.15) is 30.0 Å². The van der Waals surface area contributed by atoms with Crippen LogP contribution in [-0.4, -0.2) is 30.1 Å². The Morgan fingerprint density at radius 3 is 2.25 bits per heavy atom. The normalized spacial score (nSPS) is 10.9. The summed E-state index contributed by atoms with van der Waals surface area (Å²) in [7, 11) is 0. The first-order chi connectivity index (χ1) is 15.5. The molecular weight excluding hydrogens is 414 g/mol. The van der Waals surface area contributed by atoms with Crippen LogP contribution in [0.4, 0.5) is 5.69 Å². The van der Waals surface area contributed by atoms with Gasteiger partial charge in [0.2, 0.25) is 5.76 Å². The zero-order chi connectivity index (χ0) is 22.9. The molecule has 0 aliphatic carbocycles. The molecule has 32 heavy (non-hydrogen) atoms. The molecule has 0 spiro atoms. The van der Waals surface area contributed by atoms with Gasteiger partial charge in [-0.15, -0.1) is 0 Å². The van der Waals surface area contributed by atoms with E-state index in [1.165, 1.54) is 12.3 Å². The van der Waals surface area contributed by atoms with Crippen molar-refractivity contribution in [2.75, 3.05) is 11.9 Å². The van der Waals surface area contributed by atoms with Crippen LogP contribution in [0.15, 0.2) is 76.4 Å². The van der Waals surface area contributed by atoms with Gasteiger partial charge >= 0.3 is 17.8 Å². The molecule has 0 fully saturated rings. The molecule has 1 heterocycles. The van der Waals surface area contributed by atoms with Crippen LogP contribution >= 0.6 is 0 Å². The van der Waals surface area contributed by atoms with Crippen LogP contribution in [0.25, 0.3) is 0 Å². The van der Waals surface area contributed by atoms with Crippen molar-refractivity contribution >= 4 is 29.2 Å². The molecule has 0 saturated carbocycles. The average Bonchev–Trinajstić information content (AvgIpc) is 3.34. The molecule has 3 rings (SSSR count). The number of nitrogens with zero attached hydrogens (tertiary/aromatic N) is 1. The Labute approximate surface area is 184 Å². The number of benzene rings is 2. The Balaban J connectivity index is 1.53. The fourth-order valence-corrected chi connectivity index (χ4v) is 2.56. The fourth-order valence-electron chi connectivity index (χ4n) is 2.56. The molecule has 2 aromatic carbocycles. The highest BCUT2D eigenvalue weighted by Gasteiger charge is 2.14. The first-order valence-electron chi connectivity index (χ1n) is 9.71. The molecule has 0 atom stereocenters. The third-order valence-corrected chi connectivity index (χ3v) is 4.16. The summed E-state index contributed by atoms with van der Waals surface area (Å²) in [5.41, 5.74) is 3.78. The van der Waals surface area contributed by atoms with E-state index >= 15 is 0 Å². The maximum Gasteiger partial charge on any atom is 0.379 e. The van der Waals surface area contributed by atoms with Crippen molar-refractivity contribution in [3.63, 3.8) is 0 Å². The van der Waals surface area contributed by atoms with E-state index in [-0.39, 0.29) is 5.76 Å². The maximum atomic E-state index is 12.0. The van der Waals surface area contributed by atoms with E-state index in [1.54, 1.807) is 61.5 Å². The number of hydrogen-bond acceptors (Lipinski definition) is 7. The van der Waals surface area contributed by atoms with Crippen molar-refractivity contribution in [2.45, 2.75) is 13.8 Å². The minimum Gasteiger partial charge on any atom is -0.494 e. The zero-order valence-electron chi connectivity index (χ0n) is 17.5. The molecule has 9 nitrogen and oxygen atoms in total. The largest absolute Gasteiger partial charge is 0.494 e. The molecule has 9 heteroatoms. The number of carbonyl (C=O) groups excluding carboxylic acids is 3. The molecule has 2 N–H and O–H groups in total. The van der Waals surface area contributed by atoms with Gasteiger partial charge in [-0.3, -0.25) is 9.59 Å². The summed E-state index contributed by atoms with van der Waals surface area (Å²) in [6, 6.07) is 16.2. The quantitative estimate of drug-likeness (QED) is 0.193. The van der Waals surface area contributed by atoms with Gasteiger partial charge in [0.25, 0.3) is 0 Å².